The van der Waals surface area contributed by atoms with E-state index in [2.05, 4.69) is 36.4 Å². The number of hydrogen-bond donors (Lipinski definition) is 2. The zero-order valence-electron chi connectivity index (χ0n) is 13.2. The Morgan fingerprint density at radius 2 is 2.25 bits per heavy atom. The zero-order chi connectivity index (χ0) is 15.2. The van der Waals surface area contributed by atoms with E-state index in [1.165, 1.54) is 0 Å². The first-order valence-corrected chi connectivity index (χ1v) is 7.94. The minimum atomic E-state index is -0.272. The van der Waals surface area contributed by atoms with Crippen molar-refractivity contribution in [3.05, 3.63) is 0 Å². The number of hydrogen-bond acceptors (Lipinski definition) is 5. The Balaban J connectivity index is 2.30. The van der Waals surface area contributed by atoms with Gasteiger partial charge in [-0.15, -0.1) is 0 Å². The van der Waals surface area contributed by atoms with Crippen LogP contribution in [0.25, 0.3) is 0 Å². The highest BCUT2D eigenvalue weighted by Crippen LogP contribution is 2.31. The molecule has 1 amide bonds. The van der Waals surface area contributed by atoms with Crippen LogP contribution < -0.4 is 10.6 Å². The van der Waals surface area contributed by atoms with Crippen LogP contribution in [0, 0.1) is 5.41 Å². The molecule has 20 heavy (non-hydrogen) atoms. The van der Waals surface area contributed by atoms with E-state index in [1.807, 2.05) is 6.92 Å². The molecule has 2 N–H and O–H groups in total. The highest BCUT2D eigenvalue weighted by molar-refractivity contribution is 8.14. The van der Waals surface area contributed by atoms with Gasteiger partial charge in [-0.05, 0) is 18.8 Å². The fourth-order valence-electron chi connectivity index (χ4n) is 1.97. The monoisotopic (exact) mass is 301 g/mol. The van der Waals surface area contributed by atoms with E-state index in [9.17, 15) is 4.79 Å². The molecule has 1 heterocycles. The molecule has 0 aliphatic carbocycles. The molecular formula is C14H27N3O2S. The first-order chi connectivity index (χ1) is 9.31. The summed E-state index contributed by atoms with van der Waals surface area (Å²) in [6.07, 6.45) is 1.13. The molecule has 116 valence electrons. The summed E-state index contributed by atoms with van der Waals surface area (Å²) in [5.41, 5.74) is 0.311. The number of ether oxygens (including phenoxy) is 1. The van der Waals surface area contributed by atoms with Gasteiger partial charge in [-0.1, -0.05) is 32.5 Å². The molecule has 0 fully saturated rings. The van der Waals surface area contributed by atoms with Gasteiger partial charge >= 0.3 is 0 Å². The molecule has 2 unspecified atom stereocenters. The lowest BCUT2D eigenvalue weighted by molar-refractivity contribution is -0.122. The lowest BCUT2D eigenvalue weighted by Crippen LogP contribution is -2.44. The summed E-state index contributed by atoms with van der Waals surface area (Å²) < 4.78 is 4.90. The molecule has 0 spiro atoms. The number of nitrogens with zero attached hydrogens (tertiary/aromatic N) is 1. The van der Waals surface area contributed by atoms with E-state index >= 15 is 0 Å². The van der Waals surface area contributed by atoms with Crippen molar-refractivity contribution in [2.24, 2.45) is 10.4 Å². The smallest absolute Gasteiger partial charge is 0.242 e. The average molecular weight is 301 g/mol. The van der Waals surface area contributed by atoms with Crippen molar-refractivity contribution < 1.29 is 9.53 Å². The van der Waals surface area contributed by atoms with Crippen molar-refractivity contribution in [1.82, 2.24) is 10.6 Å². The summed E-state index contributed by atoms with van der Waals surface area (Å²) >= 11 is 1.75. The number of amidine groups is 1. The Hall–Kier alpha value is -0.750. The number of nitrogens with one attached hydrogen (secondary N) is 2. The molecule has 6 heteroatoms. The lowest BCUT2D eigenvalue weighted by Gasteiger charge is -2.22. The van der Waals surface area contributed by atoms with Crippen LogP contribution in [0.15, 0.2) is 4.99 Å². The Kier molecular flexibility index (Phi) is 6.82. The molecule has 0 aromatic rings. The van der Waals surface area contributed by atoms with Crippen molar-refractivity contribution in [3.8, 4) is 0 Å². The van der Waals surface area contributed by atoms with Crippen LogP contribution >= 0.6 is 11.8 Å². The van der Waals surface area contributed by atoms with E-state index < -0.39 is 0 Å². The van der Waals surface area contributed by atoms with Gasteiger partial charge in [-0.3, -0.25) is 9.79 Å². The van der Waals surface area contributed by atoms with Gasteiger partial charge in [0.15, 0.2) is 5.17 Å². The summed E-state index contributed by atoms with van der Waals surface area (Å²) in [5.74, 6) is -0.0235. The molecule has 0 aromatic heterocycles. The third-order valence-electron chi connectivity index (χ3n) is 2.90. The molecule has 1 aliphatic heterocycles. The molecule has 0 radical (unpaired) electrons. The van der Waals surface area contributed by atoms with Crippen LogP contribution in [-0.4, -0.2) is 49.2 Å². The largest absolute Gasteiger partial charge is 0.383 e. The third-order valence-corrected chi connectivity index (χ3v) is 4.01. The normalized spacial score (nSPS) is 20.4. The van der Waals surface area contributed by atoms with Crippen LogP contribution in [0.2, 0.25) is 0 Å². The maximum atomic E-state index is 11.8. The molecule has 0 aromatic carbocycles. The van der Waals surface area contributed by atoms with Crippen molar-refractivity contribution in [2.45, 2.75) is 45.4 Å². The van der Waals surface area contributed by atoms with Crippen molar-refractivity contribution in [2.75, 3.05) is 26.8 Å². The second-order valence-corrected chi connectivity index (χ2v) is 7.59. The number of thioether (sulfide) groups is 1. The van der Waals surface area contributed by atoms with Gasteiger partial charge in [0.25, 0.3) is 0 Å². The maximum Gasteiger partial charge on any atom is 0.242 e. The van der Waals surface area contributed by atoms with E-state index in [4.69, 9.17) is 4.74 Å². The standard InChI is InChI=1S/C14H27N3O2S/c1-10(12(18)15-6-7-19-5)17-13-16-9-11(20-13)8-14(2,3)4/h10-11H,6-9H2,1-5H3,(H,15,18)(H,16,17). The Bertz CT molecular complexity index is 353. The quantitative estimate of drug-likeness (QED) is 0.732. The van der Waals surface area contributed by atoms with E-state index in [0.717, 1.165) is 18.1 Å². The Morgan fingerprint density at radius 1 is 1.55 bits per heavy atom. The van der Waals surface area contributed by atoms with E-state index in [1.54, 1.807) is 18.9 Å². The van der Waals surface area contributed by atoms with Gasteiger partial charge in [0.1, 0.15) is 6.04 Å². The van der Waals surface area contributed by atoms with E-state index in [0.29, 0.717) is 23.8 Å². The highest BCUT2D eigenvalue weighted by Gasteiger charge is 2.26. The maximum absolute atomic E-state index is 11.8. The van der Waals surface area contributed by atoms with Crippen molar-refractivity contribution >= 4 is 22.8 Å². The molecule has 0 saturated carbocycles. The van der Waals surface area contributed by atoms with Crippen LogP contribution in [0.1, 0.15) is 34.1 Å². The van der Waals surface area contributed by atoms with Crippen molar-refractivity contribution in [1.29, 1.82) is 0 Å². The summed E-state index contributed by atoms with van der Waals surface area (Å²) in [4.78, 5) is 16.3. The second-order valence-electron chi connectivity index (χ2n) is 6.30. The van der Waals surface area contributed by atoms with Gasteiger partial charge in [-0.2, -0.15) is 0 Å². The van der Waals surface area contributed by atoms with Gasteiger partial charge in [-0.25, -0.2) is 0 Å². The predicted molar refractivity (Wildman–Crippen MR) is 85.2 cm³/mol. The predicted octanol–water partition coefficient (Wildman–Crippen LogP) is 1.63. The van der Waals surface area contributed by atoms with Gasteiger partial charge in [0.2, 0.25) is 5.91 Å². The van der Waals surface area contributed by atoms with Gasteiger partial charge in [0, 0.05) is 18.9 Å². The summed E-state index contributed by atoms with van der Waals surface area (Å²) in [7, 11) is 1.62. The fourth-order valence-corrected chi connectivity index (χ4v) is 3.41. The topological polar surface area (TPSA) is 62.7 Å². The second kappa shape index (κ2) is 7.88. The lowest BCUT2D eigenvalue weighted by atomic mass is 9.90. The molecule has 1 aliphatic rings. The van der Waals surface area contributed by atoms with Crippen LogP contribution in [-0.2, 0) is 9.53 Å². The zero-order valence-corrected chi connectivity index (χ0v) is 14.0. The first-order valence-electron chi connectivity index (χ1n) is 7.06. The number of carbonyl (C=O) groups excluding carboxylic acids is 1. The number of amides is 1. The molecule has 5 nitrogen and oxygen atoms in total. The molecule has 0 saturated heterocycles. The SMILES string of the molecule is COCCNC(=O)C(C)NC1=NCC(CC(C)(C)C)S1. The highest BCUT2D eigenvalue weighted by atomic mass is 32.2. The summed E-state index contributed by atoms with van der Waals surface area (Å²) in [6.45, 7) is 10.5. The number of carbonyl (C=O) groups is 1. The number of rotatable bonds is 6. The Morgan fingerprint density at radius 3 is 2.85 bits per heavy atom. The van der Waals surface area contributed by atoms with Crippen LogP contribution in [0.4, 0.5) is 0 Å². The molecular weight excluding hydrogens is 274 g/mol. The molecule has 1 rings (SSSR count). The summed E-state index contributed by atoms with van der Waals surface area (Å²) in [5, 5.41) is 7.40. The molecule has 0 bridgehead atoms. The fraction of sp³-hybridized carbons (Fsp3) is 0.857. The average Bonchev–Trinajstić information content (AvgIpc) is 2.74. The Labute approximate surface area is 126 Å². The minimum absolute atomic E-state index is 0.0235. The minimum Gasteiger partial charge on any atom is -0.383 e. The number of aliphatic imine (C=N–C) groups is 1. The van der Waals surface area contributed by atoms with Gasteiger partial charge in [0.05, 0.1) is 13.2 Å². The van der Waals surface area contributed by atoms with Gasteiger partial charge < -0.3 is 15.4 Å². The van der Waals surface area contributed by atoms with Crippen molar-refractivity contribution in [3.63, 3.8) is 0 Å². The van der Waals surface area contributed by atoms with Crippen LogP contribution in [0.5, 0.6) is 0 Å². The first kappa shape index (κ1) is 17.3. The third kappa shape index (κ3) is 6.61. The molecule has 2 atom stereocenters. The van der Waals surface area contributed by atoms with Crippen LogP contribution in [0.3, 0.4) is 0 Å². The number of methoxy groups -OCH3 is 1. The summed E-state index contributed by atoms with van der Waals surface area (Å²) in [6, 6.07) is -0.272. The van der Waals surface area contributed by atoms with E-state index in [-0.39, 0.29) is 11.9 Å².